The first-order valence-corrected chi connectivity index (χ1v) is 14.2. The van der Waals surface area contributed by atoms with Gasteiger partial charge in [0.15, 0.2) is 24.1 Å². The molecular formula is C29H45F3O6. The zero-order valence-corrected chi connectivity index (χ0v) is 23.3. The molecule has 2 aliphatic rings. The van der Waals surface area contributed by atoms with Crippen molar-refractivity contribution in [1.82, 2.24) is 0 Å². The van der Waals surface area contributed by atoms with Gasteiger partial charge in [0, 0.05) is 30.4 Å². The molecule has 2 heterocycles. The fraction of sp³-hybridized carbons (Fsp3) is 0.793. The minimum atomic E-state index is -4.05. The lowest BCUT2D eigenvalue weighted by Gasteiger charge is -2.30. The Morgan fingerprint density at radius 1 is 0.684 bits per heavy atom. The van der Waals surface area contributed by atoms with Gasteiger partial charge in [-0.05, 0) is 51.9 Å². The molecule has 0 aromatic heterocycles. The predicted octanol–water partition coefficient (Wildman–Crippen LogP) is 8.05. The Labute approximate surface area is 225 Å². The summed E-state index contributed by atoms with van der Waals surface area (Å²) in [5, 5.41) is 0. The Morgan fingerprint density at radius 3 is 1.68 bits per heavy atom. The topological polar surface area (TPSA) is 55.4 Å². The van der Waals surface area contributed by atoms with E-state index in [0.717, 1.165) is 88.2 Å². The molecule has 0 spiro atoms. The Balaban J connectivity index is 1.71. The maximum absolute atomic E-state index is 12.3. The SMILES string of the molecule is COc1c(OC2CCCCO2)c(C)c(CCCCCCCCCC(F)(F)F)c(OC2CCCCO2)c1OC. The van der Waals surface area contributed by atoms with Crippen LogP contribution in [-0.4, -0.2) is 46.2 Å². The number of halogens is 3. The van der Waals surface area contributed by atoms with E-state index in [9.17, 15) is 13.2 Å². The van der Waals surface area contributed by atoms with Crippen LogP contribution in [0.3, 0.4) is 0 Å². The summed E-state index contributed by atoms with van der Waals surface area (Å²) in [5.41, 5.74) is 1.95. The first kappa shape index (κ1) is 30.7. The van der Waals surface area contributed by atoms with Crippen LogP contribution in [0.25, 0.3) is 0 Å². The van der Waals surface area contributed by atoms with E-state index in [2.05, 4.69) is 0 Å². The molecule has 0 amide bonds. The normalized spacial score (nSPS) is 20.3. The summed E-state index contributed by atoms with van der Waals surface area (Å²) in [5.74, 6) is 2.25. The smallest absolute Gasteiger partial charge is 0.389 e. The van der Waals surface area contributed by atoms with Crippen LogP contribution in [-0.2, 0) is 15.9 Å². The Hall–Kier alpha value is -1.87. The number of unbranched alkanes of at least 4 members (excludes halogenated alkanes) is 6. The summed E-state index contributed by atoms with van der Waals surface area (Å²) in [4.78, 5) is 0. The summed E-state index contributed by atoms with van der Waals surface area (Å²) in [6, 6.07) is 0. The van der Waals surface area contributed by atoms with Crippen LogP contribution < -0.4 is 18.9 Å². The van der Waals surface area contributed by atoms with Gasteiger partial charge in [-0.25, -0.2) is 0 Å². The van der Waals surface area contributed by atoms with Crippen LogP contribution in [0.4, 0.5) is 13.2 Å². The van der Waals surface area contributed by atoms with Crippen molar-refractivity contribution in [3.05, 3.63) is 11.1 Å². The molecule has 2 unspecified atom stereocenters. The molecule has 0 bridgehead atoms. The second kappa shape index (κ2) is 15.7. The third kappa shape index (κ3) is 9.40. The van der Waals surface area contributed by atoms with E-state index in [1.165, 1.54) is 0 Å². The van der Waals surface area contributed by atoms with E-state index in [-0.39, 0.29) is 19.0 Å². The maximum Gasteiger partial charge on any atom is 0.389 e. The van der Waals surface area contributed by atoms with Crippen molar-refractivity contribution in [2.45, 2.75) is 122 Å². The second-order valence-corrected chi connectivity index (χ2v) is 10.2. The monoisotopic (exact) mass is 546 g/mol. The van der Waals surface area contributed by atoms with Gasteiger partial charge in [-0.2, -0.15) is 13.2 Å². The lowest BCUT2D eigenvalue weighted by atomic mass is 9.97. The molecule has 6 nitrogen and oxygen atoms in total. The van der Waals surface area contributed by atoms with Crippen molar-refractivity contribution in [1.29, 1.82) is 0 Å². The first-order valence-electron chi connectivity index (χ1n) is 14.2. The molecule has 2 atom stereocenters. The van der Waals surface area contributed by atoms with Crippen LogP contribution in [0.5, 0.6) is 23.0 Å². The molecule has 0 radical (unpaired) electrons. The lowest BCUT2D eigenvalue weighted by Crippen LogP contribution is -2.27. The molecule has 0 aliphatic carbocycles. The van der Waals surface area contributed by atoms with Gasteiger partial charge < -0.3 is 28.4 Å². The number of rotatable bonds is 15. The average molecular weight is 547 g/mol. The standard InChI is InChI=1S/C29H45F3O6/c1-21-22(15-9-7-5-4-6-8-12-18-29(30,31)32)26(38-24-17-11-14-20-36-24)28(34-3)27(33-2)25(21)37-23-16-10-13-19-35-23/h23-24H,4-20H2,1-3H3. The van der Waals surface area contributed by atoms with Gasteiger partial charge in [-0.15, -0.1) is 0 Å². The van der Waals surface area contributed by atoms with E-state index in [4.69, 9.17) is 28.4 Å². The van der Waals surface area contributed by atoms with E-state index >= 15 is 0 Å². The third-order valence-corrected chi connectivity index (χ3v) is 7.26. The average Bonchev–Trinajstić information content (AvgIpc) is 2.91. The third-order valence-electron chi connectivity index (χ3n) is 7.26. The second-order valence-electron chi connectivity index (χ2n) is 10.2. The summed E-state index contributed by atoms with van der Waals surface area (Å²) < 4.78 is 73.1. The van der Waals surface area contributed by atoms with Crippen LogP contribution in [0.2, 0.25) is 0 Å². The fourth-order valence-electron chi connectivity index (χ4n) is 5.14. The van der Waals surface area contributed by atoms with Gasteiger partial charge in [-0.3, -0.25) is 0 Å². The molecular weight excluding hydrogens is 501 g/mol. The van der Waals surface area contributed by atoms with Crippen molar-refractivity contribution in [3.8, 4) is 23.0 Å². The molecule has 0 saturated carbocycles. The van der Waals surface area contributed by atoms with Crippen molar-refractivity contribution in [3.63, 3.8) is 0 Å². The minimum absolute atomic E-state index is 0.214. The minimum Gasteiger partial charge on any atom is -0.490 e. The number of methoxy groups -OCH3 is 2. The van der Waals surface area contributed by atoms with Crippen LogP contribution in [0, 0.1) is 6.92 Å². The highest BCUT2D eigenvalue weighted by Crippen LogP contribution is 2.51. The van der Waals surface area contributed by atoms with Gasteiger partial charge in [-0.1, -0.05) is 32.1 Å². The van der Waals surface area contributed by atoms with E-state index in [1.807, 2.05) is 6.92 Å². The van der Waals surface area contributed by atoms with Crippen LogP contribution in [0.1, 0.15) is 101 Å². The molecule has 1 aromatic rings. The molecule has 2 aliphatic heterocycles. The van der Waals surface area contributed by atoms with Crippen molar-refractivity contribution in [2.75, 3.05) is 27.4 Å². The Kier molecular flexibility index (Phi) is 12.6. The molecule has 2 saturated heterocycles. The van der Waals surface area contributed by atoms with Gasteiger partial charge >= 0.3 is 6.18 Å². The number of hydrogen-bond donors (Lipinski definition) is 0. The predicted molar refractivity (Wildman–Crippen MR) is 139 cm³/mol. The molecule has 0 N–H and O–H groups in total. The van der Waals surface area contributed by atoms with E-state index < -0.39 is 12.6 Å². The lowest BCUT2D eigenvalue weighted by molar-refractivity contribution is -0.135. The summed E-state index contributed by atoms with van der Waals surface area (Å²) >= 11 is 0. The highest BCUT2D eigenvalue weighted by molar-refractivity contribution is 5.67. The summed E-state index contributed by atoms with van der Waals surface area (Å²) in [6.45, 7) is 3.36. The summed E-state index contributed by atoms with van der Waals surface area (Å²) in [7, 11) is 3.20. The molecule has 218 valence electrons. The molecule has 1 aromatic carbocycles. The molecule has 9 heteroatoms. The summed E-state index contributed by atoms with van der Waals surface area (Å²) in [6.07, 6.45) is 6.61. The van der Waals surface area contributed by atoms with E-state index in [0.29, 0.717) is 42.6 Å². The quantitative estimate of drug-likeness (QED) is 0.208. The fourth-order valence-corrected chi connectivity index (χ4v) is 5.14. The molecule has 2 fully saturated rings. The van der Waals surface area contributed by atoms with Crippen molar-refractivity contribution in [2.24, 2.45) is 0 Å². The van der Waals surface area contributed by atoms with Crippen molar-refractivity contribution >= 4 is 0 Å². The van der Waals surface area contributed by atoms with E-state index in [1.54, 1.807) is 14.2 Å². The largest absolute Gasteiger partial charge is 0.490 e. The van der Waals surface area contributed by atoms with Crippen LogP contribution >= 0.6 is 0 Å². The number of alkyl halides is 3. The number of ether oxygens (including phenoxy) is 6. The van der Waals surface area contributed by atoms with Gasteiger partial charge in [0.2, 0.25) is 11.5 Å². The molecule has 38 heavy (non-hydrogen) atoms. The number of benzene rings is 1. The Morgan fingerprint density at radius 2 is 1.18 bits per heavy atom. The highest BCUT2D eigenvalue weighted by Gasteiger charge is 2.30. The van der Waals surface area contributed by atoms with Gasteiger partial charge in [0.1, 0.15) is 0 Å². The zero-order chi connectivity index (χ0) is 27.4. The molecule has 3 rings (SSSR count). The first-order chi connectivity index (χ1) is 18.3. The van der Waals surface area contributed by atoms with Gasteiger partial charge in [0.25, 0.3) is 0 Å². The zero-order valence-electron chi connectivity index (χ0n) is 23.3. The maximum atomic E-state index is 12.3. The highest BCUT2D eigenvalue weighted by atomic mass is 19.4. The van der Waals surface area contributed by atoms with Crippen molar-refractivity contribution < 1.29 is 41.6 Å². The number of hydrogen-bond acceptors (Lipinski definition) is 6. The van der Waals surface area contributed by atoms with Gasteiger partial charge in [0.05, 0.1) is 27.4 Å². The Bertz CT molecular complexity index is 833. The van der Waals surface area contributed by atoms with Crippen LogP contribution in [0.15, 0.2) is 0 Å².